The van der Waals surface area contributed by atoms with E-state index in [9.17, 15) is 9.00 Å². The smallest absolute Gasteiger partial charge is 0.392 e. The van der Waals surface area contributed by atoms with Gasteiger partial charge >= 0.3 is 6.09 Å². The van der Waals surface area contributed by atoms with E-state index in [2.05, 4.69) is 10.4 Å². The number of amides is 1. The van der Waals surface area contributed by atoms with E-state index in [1.165, 1.54) is 0 Å². The van der Waals surface area contributed by atoms with Crippen LogP contribution in [0.2, 0.25) is 0 Å². The Morgan fingerprint density at radius 1 is 1.61 bits per heavy atom. The molecule has 0 fully saturated rings. The van der Waals surface area contributed by atoms with Crippen molar-refractivity contribution >= 4 is 16.9 Å². The minimum atomic E-state index is -0.973. The molecular formula is C11H19N3O3S. The zero-order valence-electron chi connectivity index (χ0n) is 11.1. The normalized spacial score (nSPS) is 12.5. The zero-order valence-corrected chi connectivity index (χ0v) is 11.9. The Morgan fingerprint density at radius 2 is 2.28 bits per heavy atom. The molecule has 1 aromatic heterocycles. The lowest BCUT2D eigenvalue weighted by Gasteiger charge is -2.10. The van der Waals surface area contributed by atoms with E-state index >= 15 is 0 Å². The molecule has 18 heavy (non-hydrogen) atoms. The summed E-state index contributed by atoms with van der Waals surface area (Å²) in [5.74, 6) is 0.724. The summed E-state index contributed by atoms with van der Waals surface area (Å²) in [6.45, 7) is 6.18. The first-order chi connectivity index (χ1) is 8.43. The summed E-state index contributed by atoms with van der Waals surface area (Å²) in [6, 6.07) is 1.71. The number of nitrogens with zero attached hydrogens (tertiary/aromatic N) is 2. The largest absolute Gasteiger partial charge is 0.413 e. The number of hydrogen-bond donors (Lipinski definition) is 1. The summed E-state index contributed by atoms with van der Waals surface area (Å²) in [4.78, 5) is 11.4. The van der Waals surface area contributed by atoms with Crippen LogP contribution in [-0.2, 0) is 16.6 Å². The minimum absolute atomic E-state index is 0.0634. The fraction of sp³-hybridized carbons (Fsp3) is 0.636. The highest BCUT2D eigenvalue weighted by molar-refractivity contribution is 7.83. The van der Waals surface area contributed by atoms with Crippen LogP contribution in [0.4, 0.5) is 4.79 Å². The van der Waals surface area contributed by atoms with Crippen LogP contribution >= 0.6 is 0 Å². The molecule has 0 aliphatic rings. The van der Waals surface area contributed by atoms with Crippen molar-refractivity contribution in [2.45, 2.75) is 32.6 Å². The molecule has 0 aliphatic carbocycles. The molecule has 1 amide bonds. The molecule has 0 spiro atoms. The number of aromatic nitrogens is 2. The van der Waals surface area contributed by atoms with E-state index in [-0.39, 0.29) is 6.04 Å². The van der Waals surface area contributed by atoms with Gasteiger partial charge in [-0.1, -0.05) is 0 Å². The molecule has 1 rings (SSSR count). The Balaban J connectivity index is 2.90. The van der Waals surface area contributed by atoms with E-state index < -0.39 is 16.9 Å². The summed E-state index contributed by atoms with van der Waals surface area (Å²) in [5.41, 5.74) is 0.656. The molecule has 0 aromatic carbocycles. The lowest BCUT2D eigenvalue weighted by Crippen LogP contribution is -2.27. The second-order valence-electron chi connectivity index (χ2n) is 4.15. The molecule has 1 aromatic rings. The average Bonchev–Trinajstić information content (AvgIpc) is 2.60. The predicted octanol–water partition coefficient (Wildman–Crippen LogP) is 1.45. The first kappa shape index (κ1) is 14.7. The van der Waals surface area contributed by atoms with Crippen molar-refractivity contribution in [3.8, 4) is 5.88 Å². The molecule has 6 nitrogen and oxygen atoms in total. The van der Waals surface area contributed by atoms with E-state index in [1.807, 2.05) is 20.8 Å². The van der Waals surface area contributed by atoms with Gasteiger partial charge in [-0.2, -0.15) is 5.10 Å². The van der Waals surface area contributed by atoms with E-state index in [1.54, 1.807) is 17.0 Å². The summed E-state index contributed by atoms with van der Waals surface area (Å²) in [6.07, 6.45) is 1.10. The Labute approximate surface area is 109 Å². The first-order valence-electron chi connectivity index (χ1n) is 5.78. The number of nitrogens with one attached hydrogen (secondary N) is 1. The average molecular weight is 273 g/mol. The summed E-state index contributed by atoms with van der Waals surface area (Å²) in [5, 5.41) is 6.83. The van der Waals surface area contributed by atoms with Crippen LogP contribution in [0.3, 0.4) is 0 Å². The molecule has 1 heterocycles. The van der Waals surface area contributed by atoms with Crippen LogP contribution in [0.5, 0.6) is 5.88 Å². The standard InChI is InChI=1S/C11H19N3O3S/c1-5-12-11(15)17-10-6-9(7-18(4)16)13-14(10)8(2)3/h6,8H,5,7H2,1-4H3,(H,12,15). The van der Waals surface area contributed by atoms with Crippen molar-refractivity contribution in [3.63, 3.8) is 0 Å². The molecule has 102 valence electrons. The number of rotatable bonds is 5. The quantitative estimate of drug-likeness (QED) is 0.881. The second-order valence-corrected chi connectivity index (χ2v) is 5.58. The summed E-state index contributed by atoms with van der Waals surface area (Å²) in [7, 11) is -0.973. The van der Waals surface area contributed by atoms with Gasteiger partial charge in [-0.3, -0.25) is 4.21 Å². The molecular weight excluding hydrogens is 254 g/mol. The summed E-state index contributed by atoms with van der Waals surface area (Å²) < 4.78 is 17.9. The van der Waals surface area contributed by atoms with Gasteiger partial charge in [-0.05, 0) is 20.8 Å². The maximum absolute atomic E-state index is 11.4. The maximum Gasteiger partial charge on any atom is 0.413 e. The van der Waals surface area contributed by atoms with Crippen molar-refractivity contribution in [2.24, 2.45) is 0 Å². The third-order valence-corrected chi connectivity index (χ3v) is 2.81. The molecule has 0 bridgehead atoms. The van der Waals surface area contributed by atoms with Gasteiger partial charge in [0.05, 0.1) is 17.5 Å². The van der Waals surface area contributed by atoms with Gasteiger partial charge in [0.15, 0.2) is 0 Å². The third kappa shape index (κ3) is 4.14. The molecule has 0 saturated carbocycles. The minimum Gasteiger partial charge on any atom is -0.392 e. The first-order valence-corrected chi connectivity index (χ1v) is 7.50. The van der Waals surface area contributed by atoms with Crippen LogP contribution in [0, 0.1) is 0 Å². The SMILES string of the molecule is CCNC(=O)Oc1cc(CS(C)=O)nn1C(C)C. The van der Waals surface area contributed by atoms with Gasteiger partial charge < -0.3 is 10.1 Å². The lowest BCUT2D eigenvalue weighted by molar-refractivity contribution is 0.195. The molecule has 0 radical (unpaired) electrons. The van der Waals surface area contributed by atoms with Crippen LogP contribution in [0.15, 0.2) is 6.07 Å². The molecule has 7 heteroatoms. The Bertz CT molecular complexity index is 443. The zero-order chi connectivity index (χ0) is 13.7. The van der Waals surface area contributed by atoms with Crippen molar-refractivity contribution in [3.05, 3.63) is 11.8 Å². The van der Waals surface area contributed by atoms with Crippen molar-refractivity contribution < 1.29 is 13.7 Å². The highest BCUT2D eigenvalue weighted by Gasteiger charge is 2.15. The van der Waals surface area contributed by atoms with Crippen LogP contribution < -0.4 is 10.1 Å². The predicted molar refractivity (Wildman–Crippen MR) is 70.1 cm³/mol. The number of carbonyl (C=O) groups is 1. The van der Waals surface area contributed by atoms with Gasteiger partial charge in [0.2, 0.25) is 5.88 Å². The molecule has 1 atom stereocenters. The third-order valence-electron chi connectivity index (χ3n) is 2.11. The monoisotopic (exact) mass is 273 g/mol. The highest BCUT2D eigenvalue weighted by Crippen LogP contribution is 2.19. The molecule has 0 saturated heterocycles. The Hall–Kier alpha value is -1.37. The van der Waals surface area contributed by atoms with Gasteiger partial charge in [0, 0.05) is 29.7 Å². The molecule has 1 N–H and O–H groups in total. The van der Waals surface area contributed by atoms with E-state index in [0.29, 0.717) is 23.9 Å². The fourth-order valence-electron chi connectivity index (χ4n) is 1.43. The highest BCUT2D eigenvalue weighted by atomic mass is 32.2. The molecule has 1 unspecified atom stereocenters. The number of ether oxygens (including phenoxy) is 1. The number of carbonyl (C=O) groups excluding carboxylic acids is 1. The van der Waals surface area contributed by atoms with Crippen molar-refractivity contribution in [1.29, 1.82) is 0 Å². The van der Waals surface area contributed by atoms with Gasteiger partial charge in [-0.15, -0.1) is 0 Å². The van der Waals surface area contributed by atoms with Crippen LogP contribution in [-0.4, -0.2) is 32.9 Å². The van der Waals surface area contributed by atoms with Gasteiger partial charge in [0.1, 0.15) is 0 Å². The lowest BCUT2D eigenvalue weighted by atomic mass is 10.4. The summed E-state index contributed by atoms with van der Waals surface area (Å²) >= 11 is 0. The van der Waals surface area contributed by atoms with E-state index in [4.69, 9.17) is 4.74 Å². The van der Waals surface area contributed by atoms with Gasteiger partial charge in [-0.25, -0.2) is 9.48 Å². The van der Waals surface area contributed by atoms with Crippen LogP contribution in [0.1, 0.15) is 32.5 Å². The second kappa shape index (κ2) is 6.53. The van der Waals surface area contributed by atoms with Crippen LogP contribution in [0.25, 0.3) is 0 Å². The van der Waals surface area contributed by atoms with Gasteiger partial charge in [0.25, 0.3) is 0 Å². The Morgan fingerprint density at radius 3 is 2.78 bits per heavy atom. The maximum atomic E-state index is 11.4. The van der Waals surface area contributed by atoms with Crippen molar-refractivity contribution in [2.75, 3.05) is 12.8 Å². The molecule has 0 aliphatic heterocycles. The topological polar surface area (TPSA) is 73.2 Å². The fourth-order valence-corrected chi connectivity index (χ4v) is 1.98. The Kier molecular flexibility index (Phi) is 5.33. The van der Waals surface area contributed by atoms with E-state index in [0.717, 1.165) is 0 Å². The number of hydrogen-bond acceptors (Lipinski definition) is 4. The van der Waals surface area contributed by atoms with Crippen molar-refractivity contribution in [1.82, 2.24) is 15.1 Å².